The van der Waals surface area contributed by atoms with Crippen LogP contribution in [0.3, 0.4) is 0 Å². The number of H-pyrrole nitrogens is 1. The van der Waals surface area contributed by atoms with Crippen LogP contribution in [0, 0.1) is 0 Å². The van der Waals surface area contributed by atoms with E-state index in [1.54, 1.807) is 26.0 Å². The summed E-state index contributed by atoms with van der Waals surface area (Å²) in [5.41, 5.74) is 5.22. The first-order valence-corrected chi connectivity index (χ1v) is 9.09. The number of nitrogens with two attached hydrogens (primary N) is 1. The third-order valence-electron chi connectivity index (χ3n) is 4.07. The van der Waals surface area contributed by atoms with Crippen molar-refractivity contribution < 1.29 is 19.1 Å². The van der Waals surface area contributed by atoms with Gasteiger partial charge >= 0.3 is 11.7 Å². The minimum atomic E-state index is -0.798. The Labute approximate surface area is 166 Å². The van der Waals surface area contributed by atoms with E-state index >= 15 is 0 Å². The normalized spacial score (nSPS) is 10.6. The van der Waals surface area contributed by atoms with E-state index in [1.807, 2.05) is 18.2 Å². The van der Waals surface area contributed by atoms with Gasteiger partial charge in [0.15, 0.2) is 12.3 Å². The van der Waals surface area contributed by atoms with Crippen LogP contribution < -0.4 is 21.9 Å². The summed E-state index contributed by atoms with van der Waals surface area (Å²) >= 11 is 0. The number of nitrogen functional groups attached to an aromatic ring is 1. The zero-order chi connectivity index (χ0) is 21.4. The van der Waals surface area contributed by atoms with Crippen molar-refractivity contribution in [2.24, 2.45) is 0 Å². The molecule has 0 fully saturated rings. The molecule has 1 amide bonds. The van der Waals surface area contributed by atoms with Gasteiger partial charge in [0, 0.05) is 13.2 Å². The molecule has 0 aliphatic carbocycles. The maximum absolute atomic E-state index is 12.5. The van der Waals surface area contributed by atoms with Crippen molar-refractivity contribution >= 4 is 23.4 Å². The van der Waals surface area contributed by atoms with E-state index < -0.39 is 29.7 Å². The lowest BCUT2D eigenvalue weighted by molar-refractivity contribution is -0.152. The number of hydrogen-bond donors (Lipinski definition) is 2. The van der Waals surface area contributed by atoms with Crippen molar-refractivity contribution in [1.29, 1.82) is 0 Å². The maximum atomic E-state index is 12.5. The van der Waals surface area contributed by atoms with Crippen LogP contribution in [0.15, 0.2) is 39.9 Å². The molecule has 3 N–H and O–H groups in total. The number of ether oxygens (including phenoxy) is 2. The van der Waals surface area contributed by atoms with E-state index in [0.717, 1.165) is 10.5 Å². The molecule has 1 aromatic carbocycles. The highest BCUT2D eigenvalue weighted by atomic mass is 16.6. The quantitative estimate of drug-likeness (QED) is 0.566. The molecule has 0 aliphatic rings. The second-order valence-electron chi connectivity index (χ2n) is 6.00. The summed E-state index contributed by atoms with van der Waals surface area (Å²) in [5.74, 6) is -1.51. The van der Waals surface area contributed by atoms with Gasteiger partial charge in [-0.1, -0.05) is 30.3 Å². The average Bonchev–Trinajstić information content (AvgIpc) is 2.71. The number of aromatic amines is 1. The summed E-state index contributed by atoms with van der Waals surface area (Å²) in [6.07, 6.45) is 0. The molecular formula is C19H24N4O6. The molecule has 0 aliphatic heterocycles. The van der Waals surface area contributed by atoms with Crippen molar-refractivity contribution in [2.45, 2.75) is 20.4 Å². The van der Waals surface area contributed by atoms with Gasteiger partial charge in [0.2, 0.25) is 0 Å². The molecule has 29 heavy (non-hydrogen) atoms. The van der Waals surface area contributed by atoms with Crippen LogP contribution in [-0.4, -0.2) is 47.8 Å². The van der Waals surface area contributed by atoms with Gasteiger partial charge in [-0.2, -0.15) is 0 Å². The second kappa shape index (κ2) is 10.2. The highest BCUT2D eigenvalue weighted by Gasteiger charge is 2.24. The van der Waals surface area contributed by atoms with E-state index in [-0.39, 0.29) is 31.2 Å². The molecule has 0 radical (unpaired) electrons. The lowest BCUT2D eigenvalue weighted by Gasteiger charge is -2.23. The molecule has 10 heteroatoms. The van der Waals surface area contributed by atoms with Crippen molar-refractivity contribution in [3.05, 3.63) is 56.7 Å². The third kappa shape index (κ3) is 5.55. The number of likely N-dealkylation sites (N-methyl/N-ethyl adjacent to an activating group) is 1. The molecule has 1 heterocycles. The van der Waals surface area contributed by atoms with Crippen LogP contribution in [0.1, 0.15) is 19.4 Å². The Bertz CT molecular complexity index is 967. The van der Waals surface area contributed by atoms with Gasteiger partial charge in [0.25, 0.3) is 11.5 Å². The number of hydrogen-bond acceptors (Lipinski definition) is 7. The number of amides is 1. The molecule has 1 aromatic heterocycles. The van der Waals surface area contributed by atoms with Crippen molar-refractivity contribution in [2.75, 3.05) is 37.0 Å². The summed E-state index contributed by atoms with van der Waals surface area (Å²) in [6, 6.07) is 9.05. The van der Waals surface area contributed by atoms with Crippen LogP contribution in [-0.2, 0) is 25.6 Å². The van der Waals surface area contributed by atoms with Gasteiger partial charge in [-0.05, 0) is 19.4 Å². The number of carbonyl (C=O) groups is 2. The minimum Gasteiger partial charge on any atom is -0.454 e. The topological polar surface area (TPSA) is 137 Å². The number of benzene rings is 1. The van der Waals surface area contributed by atoms with Gasteiger partial charge in [-0.3, -0.25) is 19.1 Å². The monoisotopic (exact) mass is 404 g/mol. The first kappa shape index (κ1) is 21.9. The standard InChI is InChI=1S/C19H24N4O6/c1-3-22(14(24)11-29-15(25)12-28-4-2)16-17(20)23(19(27)21-18(16)26)10-13-8-6-5-7-9-13/h5-9H,3-4,10-12,20H2,1-2H3,(H,21,26,27). The van der Waals surface area contributed by atoms with Crippen molar-refractivity contribution in [3.8, 4) is 0 Å². The molecule has 0 saturated carbocycles. The van der Waals surface area contributed by atoms with Crippen LogP contribution in [0.5, 0.6) is 0 Å². The molecule has 0 atom stereocenters. The van der Waals surface area contributed by atoms with E-state index in [2.05, 4.69) is 4.98 Å². The van der Waals surface area contributed by atoms with Gasteiger partial charge in [0.1, 0.15) is 12.4 Å². The highest BCUT2D eigenvalue weighted by molar-refractivity contribution is 5.97. The Morgan fingerprint density at radius 1 is 1.14 bits per heavy atom. The van der Waals surface area contributed by atoms with Gasteiger partial charge in [0.05, 0.1) is 6.54 Å². The summed E-state index contributed by atoms with van der Waals surface area (Å²) in [6.45, 7) is 3.02. The number of nitrogens with zero attached hydrogens (tertiary/aromatic N) is 2. The summed E-state index contributed by atoms with van der Waals surface area (Å²) in [5, 5.41) is 0. The molecule has 0 unspecified atom stereocenters. The smallest absolute Gasteiger partial charge is 0.332 e. The van der Waals surface area contributed by atoms with Gasteiger partial charge in [-0.15, -0.1) is 0 Å². The fraction of sp³-hybridized carbons (Fsp3) is 0.368. The zero-order valence-corrected chi connectivity index (χ0v) is 16.3. The second-order valence-corrected chi connectivity index (χ2v) is 6.00. The first-order chi connectivity index (χ1) is 13.9. The summed E-state index contributed by atoms with van der Waals surface area (Å²) in [4.78, 5) is 51.9. The number of anilines is 2. The number of carbonyl (C=O) groups excluding carboxylic acids is 2. The van der Waals surface area contributed by atoms with Gasteiger partial charge in [-0.25, -0.2) is 9.59 Å². The van der Waals surface area contributed by atoms with E-state index in [0.29, 0.717) is 6.61 Å². The molecule has 0 saturated heterocycles. The fourth-order valence-electron chi connectivity index (χ4n) is 2.67. The van der Waals surface area contributed by atoms with Crippen LogP contribution in [0.2, 0.25) is 0 Å². The molecule has 2 aromatic rings. The lowest BCUT2D eigenvalue weighted by Crippen LogP contribution is -2.42. The SMILES string of the molecule is CCOCC(=O)OCC(=O)N(CC)c1c(N)n(Cc2ccccc2)c(=O)[nH]c1=O. The van der Waals surface area contributed by atoms with Crippen LogP contribution in [0.25, 0.3) is 0 Å². The van der Waals surface area contributed by atoms with E-state index in [9.17, 15) is 19.2 Å². The maximum Gasteiger partial charge on any atom is 0.332 e. The summed E-state index contributed by atoms with van der Waals surface area (Å²) < 4.78 is 10.9. The Morgan fingerprint density at radius 3 is 2.45 bits per heavy atom. The van der Waals surface area contributed by atoms with Crippen LogP contribution >= 0.6 is 0 Å². The molecule has 0 spiro atoms. The lowest BCUT2D eigenvalue weighted by atomic mass is 10.2. The number of aromatic nitrogens is 2. The van der Waals surface area contributed by atoms with Crippen molar-refractivity contribution in [3.63, 3.8) is 0 Å². The number of nitrogens with one attached hydrogen (secondary N) is 1. The molecule has 156 valence electrons. The highest BCUT2D eigenvalue weighted by Crippen LogP contribution is 2.17. The van der Waals surface area contributed by atoms with E-state index in [4.69, 9.17) is 15.2 Å². The van der Waals surface area contributed by atoms with Crippen LogP contribution in [0.4, 0.5) is 11.5 Å². The van der Waals surface area contributed by atoms with E-state index in [1.165, 1.54) is 4.57 Å². The largest absolute Gasteiger partial charge is 0.454 e. The Kier molecular flexibility index (Phi) is 7.72. The van der Waals surface area contributed by atoms with Gasteiger partial charge < -0.3 is 20.1 Å². The molecule has 2 rings (SSSR count). The molecule has 10 nitrogen and oxygen atoms in total. The Balaban J connectivity index is 2.29. The number of esters is 1. The fourth-order valence-corrected chi connectivity index (χ4v) is 2.67. The molecule has 0 bridgehead atoms. The first-order valence-electron chi connectivity index (χ1n) is 9.09. The van der Waals surface area contributed by atoms with Crippen molar-refractivity contribution in [1.82, 2.24) is 9.55 Å². The average molecular weight is 404 g/mol. The minimum absolute atomic E-state index is 0.0820. The molecular weight excluding hydrogens is 380 g/mol. The third-order valence-corrected chi connectivity index (χ3v) is 4.07. The Hall–Kier alpha value is -3.40. The predicted octanol–water partition coefficient (Wildman–Crippen LogP) is 0.0997. The summed E-state index contributed by atoms with van der Waals surface area (Å²) in [7, 11) is 0. The predicted molar refractivity (Wildman–Crippen MR) is 107 cm³/mol. The number of rotatable bonds is 9. The Morgan fingerprint density at radius 2 is 1.83 bits per heavy atom. The zero-order valence-electron chi connectivity index (χ0n) is 16.3.